The molecule has 2 atom stereocenters. The normalized spacial score (nSPS) is 19.5. The Balaban J connectivity index is 1.63. The first-order valence-corrected chi connectivity index (χ1v) is 10.6. The van der Waals surface area contributed by atoms with Crippen molar-refractivity contribution in [3.8, 4) is 0 Å². The van der Waals surface area contributed by atoms with Crippen molar-refractivity contribution in [2.45, 2.75) is 12.1 Å². The third-order valence-electron chi connectivity index (χ3n) is 5.77. The van der Waals surface area contributed by atoms with Crippen LogP contribution in [0, 0.1) is 15.9 Å². The Morgan fingerprint density at radius 2 is 1.61 bits per heavy atom. The van der Waals surface area contributed by atoms with Gasteiger partial charge in [-0.15, -0.1) is 0 Å². The molecule has 0 radical (unpaired) electrons. The molecule has 3 aromatic rings. The second-order valence-corrected chi connectivity index (χ2v) is 8.46. The molecule has 2 aliphatic heterocycles. The zero-order valence-electron chi connectivity index (χ0n) is 16.6. The van der Waals surface area contributed by atoms with Crippen LogP contribution < -0.4 is 4.90 Å². The second-order valence-electron chi connectivity index (χ2n) is 7.54. The first-order valence-electron chi connectivity index (χ1n) is 9.79. The summed E-state index contributed by atoms with van der Waals surface area (Å²) < 4.78 is 15.3. The van der Waals surface area contributed by atoms with Crippen molar-refractivity contribution in [1.29, 1.82) is 0 Å². The molecule has 2 unspecified atom stereocenters. The summed E-state index contributed by atoms with van der Waals surface area (Å²) in [4.78, 5) is 52.3. The van der Waals surface area contributed by atoms with E-state index in [-0.39, 0.29) is 16.8 Å². The quantitative estimate of drug-likeness (QED) is 0.226. The molecular formula is C23H13BrFN3O5. The van der Waals surface area contributed by atoms with Gasteiger partial charge in [0.25, 0.3) is 23.4 Å². The number of halogens is 2. The highest BCUT2D eigenvalue weighted by Gasteiger charge is 2.58. The fourth-order valence-electron chi connectivity index (χ4n) is 4.35. The summed E-state index contributed by atoms with van der Waals surface area (Å²) in [5.74, 6) is -3.02. The first-order chi connectivity index (χ1) is 15.8. The predicted molar refractivity (Wildman–Crippen MR) is 118 cm³/mol. The molecule has 2 aliphatic rings. The lowest BCUT2D eigenvalue weighted by Gasteiger charge is -2.49. The van der Waals surface area contributed by atoms with Gasteiger partial charge < -0.3 is 0 Å². The van der Waals surface area contributed by atoms with Gasteiger partial charge in [0.05, 0.1) is 22.2 Å². The Hall–Kier alpha value is -3.92. The number of imide groups is 1. The zero-order chi connectivity index (χ0) is 23.4. The molecule has 3 aromatic carbocycles. The molecule has 0 aromatic heterocycles. The number of para-hydroxylation sites is 1. The lowest BCUT2D eigenvalue weighted by molar-refractivity contribution is -0.385. The second kappa shape index (κ2) is 7.59. The average molecular weight is 510 g/mol. The van der Waals surface area contributed by atoms with Crippen LogP contribution in [-0.2, 0) is 4.79 Å². The summed E-state index contributed by atoms with van der Waals surface area (Å²) in [7, 11) is 0. The van der Waals surface area contributed by atoms with Gasteiger partial charge >= 0.3 is 0 Å². The van der Waals surface area contributed by atoms with Gasteiger partial charge in [0.1, 0.15) is 17.4 Å². The number of benzene rings is 3. The van der Waals surface area contributed by atoms with Crippen molar-refractivity contribution in [3.05, 3.63) is 104 Å². The highest BCUT2D eigenvalue weighted by Crippen LogP contribution is 2.46. The molecule has 5 rings (SSSR count). The summed E-state index contributed by atoms with van der Waals surface area (Å²) in [6.45, 7) is 0. The fraction of sp³-hybridized carbons (Fsp3) is 0.0870. The van der Waals surface area contributed by atoms with E-state index in [0.29, 0.717) is 10.0 Å². The largest absolute Gasteiger partial charge is 0.297 e. The van der Waals surface area contributed by atoms with Gasteiger partial charge in [0.2, 0.25) is 0 Å². The number of nitrogens with zero attached hydrogens (tertiary/aromatic N) is 3. The SMILES string of the molecule is O=C1c2cccc([N+](=O)[O-])c2C(=O)N1C1C(=O)N(c2ccccc2F)C1c1cccc(Br)c1. The number of anilines is 1. The topological polar surface area (TPSA) is 101 Å². The zero-order valence-corrected chi connectivity index (χ0v) is 18.2. The molecule has 0 spiro atoms. The molecule has 1 fully saturated rings. The summed E-state index contributed by atoms with van der Waals surface area (Å²) in [6.07, 6.45) is 0. The Labute approximate surface area is 194 Å². The molecular weight excluding hydrogens is 497 g/mol. The molecule has 0 N–H and O–H groups in total. The van der Waals surface area contributed by atoms with E-state index in [0.717, 1.165) is 11.0 Å². The summed E-state index contributed by atoms with van der Waals surface area (Å²) in [5.41, 5.74) is -0.434. The van der Waals surface area contributed by atoms with Crippen LogP contribution in [0.3, 0.4) is 0 Å². The number of amides is 3. The predicted octanol–water partition coefficient (Wildman–Crippen LogP) is 4.25. The Kier molecular flexibility index (Phi) is 4.82. The van der Waals surface area contributed by atoms with Gasteiger partial charge in [0.15, 0.2) is 0 Å². The Morgan fingerprint density at radius 1 is 0.879 bits per heavy atom. The number of carbonyl (C=O) groups excluding carboxylic acids is 3. The lowest BCUT2D eigenvalue weighted by Crippen LogP contribution is -2.67. The van der Waals surface area contributed by atoms with E-state index >= 15 is 0 Å². The number of nitro groups is 1. The minimum absolute atomic E-state index is 0.00585. The van der Waals surface area contributed by atoms with E-state index < -0.39 is 46.2 Å². The van der Waals surface area contributed by atoms with Crippen LogP contribution in [0.25, 0.3) is 0 Å². The standard InChI is InChI=1S/C23H13BrFN3O5/c24-13-6-3-5-12(11-13)19-20(23(31)26(19)16-9-2-1-8-15(16)25)27-21(29)14-7-4-10-17(28(32)33)18(14)22(27)30/h1-11,19-20H. The summed E-state index contributed by atoms with van der Waals surface area (Å²) >= 11 is 3.37. The van der Waals surface area contributed by atoms with Crippen LogP contribution in [0.4, 0.5) is 15.8 Å². The van der Waals surface area contributed by atoms with Gasteiger partial charge in [-0.3, -0.25) is 34.3 Å². The molecule has 2 heterocycles. The Bertz CT molecular complexity index is 1380. The van der Waals surface area contributed by atoms with Gasteiger partial charge in [-0.2, -0.15) is 0 Å². The number of β-lactam (4-membered cyclic amide) rings is 1. The van der Waals surface area contributed by atoms with Crippen molar-refractivity contribution in [3.63, 3.8) is 0 Å². The Morgan fingerprint density at radius 3 is 2.30 bits per heavy atom. The van der Waals surface area contributed by atoms with E-state index in [9.17, 15) is 28.9 Å². The molecule has 3 amide bonds. The molecule has 0 aliphatic carbocycles. The highest BCUT2D eigenvalue weighted by molar-refractivity contribution is 9.10. The lowest BCUT2D eigenvalue weighted by atomic mass is 9.86. The maximum Gasteiger partial charge on any atom is 0.282 e. The fourth-order valence-corrected chi connectivity index (χ4v) is 4.77. The number of rotatable bonds is 4. The smallest absolute Gasteiger partial charge is 0.282 e. The van der Waals surface area contributed by atoms with Gasteiger partial charge in [-0.1, -0.05) is 46.3 Å². The third-order valence-corrected chi connectivity index (χ3v) is 6.26. The number of hydrogen-bond acceptors (Lipinski definition) is 5. The van der Waals surface area contributed by atoms with E-state index in [1.165, 1.54) is 35.2 Å². The molecule has 164 valence electrons. The third kappa shape index (κ3) is 3.05. The van der Waals surface area contributed by atoms with Crippen molar-refractivity contribution in [2.24, 2.45) is 0 Å². The average Bonchev–Trinajstić information content (AvgIpc) is 3.04. The number of fused-ring (bicyclic) bond motifs is 1. The maximum absolute atomic E-state index is 14.6. The summed E-state index contributed by atoms with van der Waals surface area (Å²) in [6, 6.07) is 14.2. The summed E-state index contributed by atoms with van der Waals surface area (Å²) in [5, 5.41) is 11.4. The molecule has 0 saturated carbocycles. The first kappa shape index (κ1) is 21.0. The van der Waals surface area contributed by atoms with Crippen molar-refractivity contribution in [1.82, 2.24) is 4.90 Å². The number of nitro benzene ring substituents is 1. The van der Waals surface area contributed by atoms with Crippen molar-refractivity contribution >= 4 is 45.0 Å². The maximum atomic E-state index is 14.6. The molecule has 1 saturated heterocycles. The van der Waals surface area contributed by atoms with Crippen molar-refractivity contribution in [2.75, 3.05) is 4.90 Å². The van der Waals surface area contributed by atoms with Crippen LogP contribution in [0.15, 0.2) is 71.2 Å². The van der Waals surface area contributed by atoms with Gasteiger partial charge in [0, 0.05) is 10.5 Å². The molecule has 0 bridgehead atoms. The minimum Gasteiger partial charge on any atom is -0.297 e. The van der Waals surface area contributed by atoms with Crippen LogP contribution in [-0.4, -0.2) is 33.6 Å². The molecule has 10 heteroatoms. The van der Waals surface area contributed by atoms with Crippen molar-refractivity contribution < 1.29 is 23.7 Å². The minimum atomic E-state index is -1.29. The number of carbonyl (C=O) groups is 3. The van der Waals surface area contributed by atoms with E-state index in [1.54, 1.807) is 30.3 Å². The van der Waals surface area contributed by atoms with Gasteiger partial charge in [-0.05, 0) is 35.9 Å². The molecule has 8 nitrogen and oxygen atoms in total. The van der Waals surface area contributed by atoms with Crippen LogP contribution in [0.2, 0.25) is 0 Å². The van der Waals surface area contributed by atoms with E-state index in [2.05, 4.69) is 15.9 Å². The van der Waals surface area contributed by atoms with Crippen LogP contribution in [0.1, 0.15) is 32.3 Å². The van der Waals surface area contributed by atoms with Crippen LogP contribution >= 0.6 is 15.9 Å². The van der Waals surface area contributed by atoms with Crippen LogP contribution in [0.5, 0.6) is 0 Å². The molecule has 33 heavy (non-hydrogen) atoms. The number of hydrogen-bond donors (Lipinski definition) is 0. The van der Waals surface area contributed by atoms with Gasteiger partial charge in [-0.25, -0.2) is 4.39 Å². The van der Waals surface area contributed by atoms with E-state index in [4.69, 9.17) is 0 Å². The van der Waals surface area contributed by atoms with E-state index in [1.807, 2.05) is 0 Å². The highest BCUT2D eigenvalue weighted by atomic mass is 79.9. The monoisotopic (exact) mass is 509 g/mol.